The van der Waals surface area contributed by atoms with Crippen LogP contribution in [0.4, 0.5) is 25.5 Å². The van der Waals surface area contributed by atoms with Crippen molar-refractivity contribution in [2.45, 2.75) is 18.7 Å². The maximum absolute atomic E-state index is 14.2. The first-order chi connectivity index (χ1) is 17.5. The molecule has 2 aromatic carbocycles. The fraction of sp³-hybridized carbons (Fsp3) is 0.240. The Morgan fingerprint density at radius 3 is 2.41 bits per heavy atom. The SMILES string of the molecule is CC(C)CNc1nccc(-c2sc(N(C)C)nc2-c2cccc(NS(=O)(=O)c3c(F)cccc3F)c2)n1. The average Bonchev–Trinajstić information content (AvgIpc) is 3.29. The molecule has 2 heterocycles. The number of rotatable bonds is 9. The van der Waals surface area contributed by atoms with Crippen molar-refractivity contribution in [2.24, 2.45) is 5.92 Å². The van der Waals surface area contributed by atoms with Crippen molar-refractivity contribution in [1.29, 1.82) is 0 Å². The third kappa shape index (κ3) is 6.03. The Balaban J connectivity index is 1.73. The molecule has 12 heteroatoms. The molecule has 4 rings (SSSR count). The number of nitrogens with zero attached hydrogens (tertiary/aromatic N) is 4. The van der Waals surface area contributed by atoms with E-state index in [0.29, 0.717) is 35.4 Å². The van der Waals surface area contributed by atoms with Crippen molar-refractivity contribution >= 4 is 38.1 Å². The van der Waals surface area contributed by atoms with E-state index in [0.717, 1.165) is 28.2 Å². The molecule has 0 aliphatic heterocycles. The van der Waals surface area contributed by atoms with Crippen LogP contribution in [0, 0.1) is 17.6 Å². The molecule has 2 aromatic heterocycles. The quantitative estimate of drug-likeness (QED) is 0.288. The number of nitrogens with one attached hydrogen (secondary N) is 2. The van der Waals surface area contributed by atoms with E-state index in [1.54, 1.807) is 30.5 Å². The Hall–Kier alpha value is -3.64. The van der Waals surface area contributed by atoms with E-state index >= 15 is 0 Å². The highest BCUT2D eigenvalue weighted by atomic mass is 32.2. The second-order valence-electron chi connectivity index (χ2n) is 8.85. The molecular weight excluding hydrogens is 518 g/mol. The highest BCUT2D eigenvalue weighted by Crippen LogP contribution is 2.40. The number of benzene rings is 2. The fourth-order valence-corrected chi connectivity index (χ4v) is 5.58. The molecule has 8 nitrogen and oxygen atoms in total. The first-order valence-electron chi connectivity index (χ1n) is 11.4. The van der Waals surface area contributed by atoms with Gasteiger partial charge < -0.3 is 10.2 Å². The molecule has 0 saturated carbocycles. The maximum atomic E-state index is 14.2. The van der Waals surface area contributed by atoms with E-state index in [1.807, 2.05) is 19.0 Å². The Morgan fingerprint density at radius 2 is 1.73 bits per heavy atom. The summed E-state index contributed by atoms with van der Waals surface area (Å²) in [6.45, 7) is 4.89. The highest BCUT2D eigenvalue weighted by molar-refractivity contribution is 7.92. The van der Waals surface area contributed by atoms with Gasteiger partial charge in [0.1, 0.15) is 11.6 Å². The van der Waals surface area contributed by atoms with Gasteiger partial charge in [-0.3, -0.25) is 4.72 Å². The van der Waals surface area contributed by atoms with Crippen LogP contribution < -0.4 is 14.9 Å². The van der Waals surface area contributed by atoms with E-state index in [1.165, 1.54) is 17.4 Å². The monoisotopic (exact) mass is 544 g/mol. The van der Waals surface area contributed by atoms with Crippen molar-refractivity contribution in [2.75, 3.05) is 35.6 Å². The summed E-state index contributed by atoms with van der Waals surface area (Å²) in [5.74, 6) is -1.44. The molecule has 0 aliphatic carbocycles. The van der Waals surface area contributed by atoms with Crippen molar-refractivity contribution < 1.29 is 17.2 Å². The summed E-state index contributed by atoms with van der Waals surface area (Å²) in [6, 6.07) is 11.1. The number of hydrogen-bond acceptors (Lipinski definition) is 8. The van der Waals surface area contributed by atoms with Gasteiger partial charge in [0.15, 0.2) is 10.0 Å². The largest absolute Gasteiger partial charge is 0.354 e. The van der Waals surface area contributed by atoms with Crippen molar-refractivity contribution in [3.05, 3.63) is 66.4 Å². The Bertz CT molecular complexity index is 1500. The molecule has 4 aromatic rings. The Labute approximate surface area is 218 Å². The van der Waals surface area contributed by atoms with Crippen LogP contribution in [0.1, 0.15) is 13.8 Å². The molecule has 0 atom stereocenters. The van der Waals surface area contributed by atoms with Crippen LogP contribution in [-0.2, 0) is 10.0 Å². The van der Waals surface area contributed by atoms with Crippen LogP contribution in [0.5, 0.6) is 0 Å². The van der Waals surface area contributed by atoms with Gasteiger partial charge in [0.2, 0.25) is 5.95 Å². The van der Waals surface area contributed by atoms with Gasteiger partial charge >= 0.3 is 0 Å². The van der Waals surface area contributed by atoms with Crippen LogP contribution in [0.25, 0.3) is 21.8 Å². The zero-order valence-corrected chi connectivity index (χ0v) is 22.3. The van der Waals surface area contributed by atoms with Gasteiger partial charge in [0, 0.05) is 38.1 Å². The summed E-state index contributed by atoms with van der Waals surface area (Å²) >= 11 is 1.43. The molecule has 0 spiro atoms. The first kappa shape index (κ1) is 26.4. The first-order valence-corrected chi connectivity index (χ1v) is 13.7. The topological polar surface area (TPSA) is 100 Å². The summed E-state index contributed by atoms with van der Waals surface area (Å²) in [7, 11) is -0.777. The number of thiazole rings is 1. The standard InChI is InChI=1S/C25H26F2N6O2S2/c1-15(2)14-29-24-28-12-11-20(30-24)22-21(31-25(36-22)33(3)4)16-7-5-8-17(13-16)32-37(34,35)23-18(26)9-6-10-19(23)27/h5-13,15,32H,14H2,1-4H3,(H,28,29,30). The number of sulfonamides is 1. The molecule has 0 bridgehead atoms. The third-order valence-electron chi connectivity index (χ3n) is 5.13. The summed E-state index contributed by atoms with van der Waals surface area (Å²) in [5.41, 5.74) is 1.97. The summed E-state index contributed by atoms with van der Waals surface area (Å²) in [4.78, 5) is 15.3. The predicted molar refractivity (Wildman–Crippen MR) is 143 cm³/mol. The lowest BCUT2D eigenvalue weighted by molar-refractivity contribution is 0.521. The fourth-order valence-electron chi connectivity index (χ4n) is 3.41. The van der Waals surface area contributed by atoms with E-state index in [4.69, 9.17) is 4.98 Å². The lowest BCUT2D eigenvalue weighted by atomic mass is 10.1. The second-order valence-corrected chi connectivity index (χ2v) is 11.4. The van der Waals surface area contributed by atoms with Crippen LogP contribution in [0.3, 0.4) is 0 Å². The van der Waals surface area contributed by atoms with Crippen LogP contribution in [0.15, 0.2) is 59.6 Å². The summed E-state index contributed by atoms with van der Waals surface area (Å²) in [6.07, 6.45) is 1.66. The van der Waals surface area contributed by atoms with Crippen molar-refractivity contribution in [1.82, 2.24) is 15.0 Å². The number of halogens is 2. The normalized spacial score (nSPS) is 11.5. The van der Waals surface area contributed by atoms with Crippen LogP contribution in [-0.4, -0.2) is 44.0 Å². The molecule has 2 N–H and O–H groups in total. The highest BCUT2D eigenvalue weighted by Gasteiger charge is 2.24. The molecule has 0 fully saturated rings. The molecule has 194 valence electrons. The zero-order valence-electron chi connectivity index (χ0n) is 20.7. The zero-order chi connectivity index (χ0) is 26.7. The summed E-state index contributed by atoms with van der Waals surface area (Å²) < 4.78 is 56.2. The van der Waals surface area contributed by atoms with Gasteiger partial charge in [-0.1, -0.05) is 43.4 Å². The Kier molecular flexibility index (Phi) is 7.69. The smallest absolute Gasteiger partial charge is 0.267 e. The van der Waals surface area contributed by atoms with Crippen molar-refractivity contribution in [3.63, 3.8) is 0 Å². The Morgan fingerprint density at radius 1 is 1.03 bits per heavy atom. The minimum Gasteiger partial charge on any atom is -0.354 e. The van der Waals surface area contributed by atoms with E-state index < -0.39 is 26.6 Å². The van der Waals surface area contributed by atoms with Crippen LogP contribution in [0.2, 0.25) is 0 Å². The van der Waals surface area contributed by atoms with Gasteiger partial charge in [-0.2, -0.15) is 0 Å². The van der Waals surface area contributed by atoms with Crippen molar-refractivity contribution in [3.8, 4) is 21.8 Å². The lowest BCUT2D eigenvalue weighted by Gasteiger charge is -2.11. The summed E-state index contributed by atoms with van der Waals surface area (Å²) in [5, 5.41) is 3.94. The van der Waals surface area contributed by atoms with Gasteiger partial charge in [0.05, 0.1) is 16.3 Å². The minimum atomic E-state index is -4.52. The van der Waals surface area contributed by atoms with Crippen LogP contribution >= 0.6 is 11.3 Å². The van der Waals surface area contributed by atoms with E-state index in [-0.39, 0.29) is 5.69 Å². The molecular formula is C25H26F2N6O2S2. The van der Waals surface area contributed by atoms with E-state index in [2.05, 4.69) is 33.9 Å². The number of hydrogen-bond donors (Lipinski definition) is 2. The van der Waals surface area contributed by atoms with Gasteiger partial charge in [-0.25, -0.2) is 32.2 Å². The molecule has 0 aliphatic rings. The van der Waals surface area contributed by atoms with E-state index in [9.17, 15) is 17.2 Å². The number of anilines is 3. The maximum Gasteiger partial charge on any atom is 0.267 e. The second kappa shape index (κ2) is 10.8. The molecule has 37 heavy (non-hydrogen) atoms. The molecule has 0 saturated heterocycles. The minimum absolute atomic E-state index is 0.132. The van der Waals surface area contributed by atoms with Gasteiger partial charge in [-0.15, -0.1) is 0 Å². The van der Waals surface area contributed by atoms with Gasteiger partial charge in [0.25, 0.3) is 10.0 Å². The lowest BCUT2D eigenvalue weighted by Crippen LogP contribution is -2.16. The average molecular weight is 545 g/mol. The molecule has 0 amide bonds. The number of aromatic nitrogens is 3. The third-order valence-corrected chi connectivity index (χ3v) is 7.81. The molecule has 0 unspecified atom stereocenters. The predicted octanol–water partition coefficient (Wildman–Crippen LogP) is 5.48. The van der Waals surface area contributed by atoms with Gasteiger partial charge in [-0.05, 0) is 36.2 Å². The molecule has 0 radical (unpaired) electrons.